The number of carbonyl (C=O) groups is 2. The van der Waals surface area contributed by atoms with Gasteiger partial charge in [-0.05, 0) is 44.5 Å². The zero-order valence-corrected chi connectivity index (χ0v) is 16.8. The van der Waals surface area contributed by atoms with Crippen molar-refractivity contribution in [1.29, 1.82) is 0 Å². The minimum Gasteiger partial charge on any atom is -0.443 e. The fraction of sp³-hybridized carbons (Fsp3) is 0.273. The first kappa shape index (κ1) is 20.6. The molecular formula is C22H25N3O4. The molecule has 0 atom stereocenters. The number of anilines is 1. The number of hydrogen-bond acceptors (Lipinski definition) is 5. The predicted molar refractivity (Wildman–Crippen MR) is 111 cm³/mol. The lowest BCUT2D eigenvalue weighted by Crippen LogP contribution is -2.40. The number of benzene rings is 2. The molecule has 0 aliphatic rings. The quantitative estimate of drug-likeness (QED) is 0.403. The Morgan fingerprint density at radius 1 is 1.03 bits per heavy atom. The van der Waals surface area contributed by atoms with E-state index < -0.39 is 17.6 Å². The van der Waals surface area contributed by atoms with E-state index >= 15 is 0 Å². The summed E-state index contributed by atoms with van der Waals surface area (Å²) in [4.78, 5) is 24.9. The number of carbonyl (C=O) groups excluding carboxylic acids is 2. The van der Waals surface area contributed by atoms with Gasteiger partial charge in [-0.1, -0.05) is 36.4 Å². The smallest absolute Gasteiger partial charge is 0.418 e. The van der Waals surface area contributed by atoms with Gasteiger partial charge in [0.1, 0.15) is 12.2 Å². The van der Waals surface area contributed by atoms with E-state index in [0.717, 1.165) is 10.6 Å². The minimum absolute atomic E-state index is 0.158. The predicted octanol–water partition coefficient (Wildman–Crippen LogP) is 3.85. The van der Waals surface area contributed by atoms with Gasteiger partial charge in [0.05, 0.1) is 17.8 Å². The average molecular weight is 395 g/mol. The van der Waals surface area contributed by atoms with Crippen LogP contribution in [0.25, 0.3) is 10.9 Å². The number of nitrogens with zero attached hydrogens (tertiary/aromatic N) is 2. The molecule has 0 fully saturated rings. The summed E-state index contributed by atoms with van der Waals surface area (Å²) in [6.07, 6.45) is 1.11. The zero-order chi connectivity index (χ0) is 21.0. The number of fused-ring (bicyclic) bond motifs is 1. The number of hydrazine groups is 1. The molecule has 0 bridgehead atoms. The zero-order valence-electron chi connectivity index (χ0n) is 16.8. The lowest BCUT2D eigenvalue weighted by Gasteiger charge is -2.20. The molecule has 1 aromatic heterocycles. The maximum atomic E-state index is 12.5. The highest BCUT2D eigenvalue weighted by atomic mass is 16.6. The Morgan fingerprint density at radius 3 is 2.45 bits per heavy atom. The van der Waals surface area contributed by atoms with E-state index in [1.54, 1.807) is 51.2 Å². The molecule has 7 heteroatoms. The molecule has 0 spiro atoms. The number of hydrogen-bond donors (Lipinski definition) is 1. The van der Waals surface area contributed by atoms with Gasteiger partial charge in [0, 0.05) is 11.6 Å². The van der Waals surface area contributed by atoms with Crippen molar-refractivity contribution in [3.05, 3.63) is 66.4 Å². The first-order valence-electron chi connectivity index (χ1n) is 9.29. The highest BCUT2D eigenvalue weighted by Crippen LogP contribution is 2.27. The van der Waals surface area contributed by atoms with Crippen molar-refractivity contribution in [2.75, 3.05) is 11.6 Å². The van der Waals surface area contributed by atoms with Crippen LogP contribution in [0, 0.1) is 0 Å². The number of nitrogens with two attached hydrogens (primary N) is 1. The summed E-state index contributed by atoms with van der Waals surface area (Å²) in [7, 11) is 0. The second kappa shape index (κ2) is 8.46. The van der Waals surface area contributed by atoms with Crippen molar-refractivity contribution in [2.45, 2.75) is 33.0 Å². The van der Waals surface area contributed by atoms with Gasteiger partial charge in [0.2, 0.25) is 0 Å². The largest absolute Gasteiger partial charge is 0.443 e. The second-order valence-corrected chi connectivity index (χ2v) is 7.62. The molecule has 0 radical (unpaired) electrons. The van der Waals surface area contributed by atoms with E-state index in [1.807, 2.05) is 30.3 Å². The van der Waals surface area contributed by atoms with Crippen LogP contribution >= 0.6 is 0 Å². The third-order valence-corrected chi connectivity index (χ3v) is 4.17. The van der Waals surface area contributed by atoms with Crippen LogP contribution in [0.3, 0.4) is 0 Å². The Bertz CT molecular complexity index is 1010. The van der Waals surface area contributed by atoms with Gasteiger partial charge in [-0.25, -0.2) is 15.6 Å². The van der Waals surface area contributed by atoms with Crippen LogP contribution in [-0.2, 0) is 20.9 Å². The number of amides is 1. The van der Waals surface area contributed by atoms with Crippen molar-refractivity contribution in [3.63, 3.8) is 0 Å². The van der Waals surface area contributed by atoms with Crippen molar-refractivity contribution in [3.8, 4) is 0 Å². The molecule has 1 heterocycles. The maximum Gasteiger partial charge on any atom is 0.418 e. The molecule has 152 valence electrons. The molecule has 3 rings (SSSR count). The standard InChI is InChI=1S/C22H25N3O4/c1-22(2,3)29-21(27)24-13-12-17-18(24)10-7-11-19(17)25(23)20(26)15-28-14-16-8-5-4-6-9-16/h4-13H,14-15,23H2,1-3H3. The molecule has 2 aromatic carbocycles. The Morgan fingerprint density at radius 2 is 1.76 bits per heavy atom. The first-order chi connectivity index (χ1) is 13.8. The van der Waals surface area contributed by atoms with Gasteiger partial charge in [-0.3, -0.25) is 9.36 Å². The second-order valence-electron chi connectivity index (χ2n) is 7.62. The molecule has 29 heavy (non-hydrogen) atoms. The van der Waals surface area contributed by atoms with E-state index in [-0.39, 0.29) is 6.61 Å². The summed E-state index contributed by atoms with van der Waals surface area (Å²) in [5.41, 5.74) is 1.45. The van der Waals surface area contributed by atoms with Crippen LogP contribution in [0.4, 0.5) is 10.5 Å². The highest BCUT2D eigenvalue weighted by molar-refractivity contribution is 6.04. The maximum absolute atomic E-state index is 12.5. The third kappa shape index (κ3) is 5.01. The Labute approximate surface area is 169 Å². The summed E-state index contributed by atoms with van der Waals surface area (Å²) in [5, 5.41) is 1.71. The van der Waals surface area contributed by atoms with E-state index in [0.29, 0.717) is 23.2 Å². The van der Waals surface area contributed by atoms with Crippen molar-refractivity contribution in [1.82, 2.24) is 4.57 Å². The van der Waals surface area contributed by atoms with Crippen molar-refractivity contribution in [2.24, 2.45) is 5.84 Å². The molecule has 7 nitrogen and oxygen atoms in total. The van der Waals surface area contributed by atoms with E-state index in [9.17, 15) is 9.59 Å². The van der Waals surface area contributed by atoms with Crippen LogP contribution in [0.5, 0.6) is 0 Å². The molecule has 1 amide bonds. The molecule has 0 aliphatic carbocycles. The molecule has 2 N–H and O–H groups in total. The monoisotopic (exact) mass is 395 g/mol. The fourth-order valence-corrected chi connectivity index (χ4v) is 2.87. The van der Waals surface area contributed by atoms with Crippen LogP contribution in [-0.4, -0.2) is 28.8 Å². The lowest BCUT2D eigenvalue weighted by molar-refractivity contribution is -0.123. The normalized spacial score (nSPS) is 11.4. The van der Waals surface area contributed by atoms with E-state index in [2.05, 4.69) is 0 Å². The van der Waals surface area contributed by atoms with Crippen molar-refractivity contribution < 1.29 is 19.1 Å². The average Bonchev–Trinajstić information content (AvgIpc) is 3.11. The summed E-state index contributed by atoms with van der Waals surface area (Å²) >= 11 is 0. The van der Waals surface area contributed by atoms with Gasteiger partial charge in [0.25, 0.3) is 5.91 Å². The van der Waals surface area contributed by atoms with Crippen LogP contribution in [0.15, 0.2) is 60.8 Å². The molecule has 0 unspecified atom stereocenters. The SMILES string of the molecule is CC(C)(C)OC(=O)n1ccc2c(N(N)C(=O)COCc3ccccc3)cccc21. The number of aromatic nitrogens is 1. The van der Waals surface area contributed by atoms with Gasteiger partial charge < -0.3 is 9.47 Å². The number of ether oxygens (including phenoxy) is 2. The van der Waals surface area contributed by atoms with E-state index in [4.69, 9.17) is 15.3 Å². The van der Waals surface area contributed by atoms with Gasteiger partial charge in [-0.2, -0.15) is 0 Å². The van der Waals surface area contributed by atoms with Gasteiger partial charge >= 0.3 is 6.09 Å². The number of rotatable bonds is 5. The lowest BCUT2D eigenvalue weighted by atomic mass is 10.2. The molecule has 0 saturated carbocycles. The molecular weight excluding hydrogens is 370 g/mol. The summed E-state index contributed by atoms with van der Waals surface area (Å²) < 4.78 is 12.3. The molecule has 0 saturated heterocycles. The Kier molecular flexibility index (Phi) is 6.00. The third-order valence-electron chi connectivity index (χ3n) is 4.17. The molecule has 3 aromatic rings. The Balaban J connectivity index is 1.73. The summed E-state index contributed by atoms with van der Waals surface area (Å²) in [6.45, 7) is 5.57. The van der Waals surface area contributed by atoms with Crippen LogP contribution < -0.4 is 10.9 Å². The van der Waals surface area contributed by atoms with E-state index in [1.165, 1.54) is 4.57 Å². The van der Waals surface area contributed by atoms with Gasteiger partial charge in [-0.15, -0.1) is 0 Å². The summed E-state index contributed by atoms with van der Waals surface area (Å²) in [6, 6.07) is 16.5. The minimum atomic E-state index is -0.614. The Hall–Kier alpha value is -3.16. The van der Waals surface area contributed by atoms with Crippen LogP contribution in [0.1, 0.15) is 26.3 Å². The topological polar surface area (TPSA) is 86.8 Å². The molecule has 0 aliphatic heterocycles. The fourth-order valence-electron chi connectivity index (χ4n) is 2.87. The van der Waals surface area contributed by atoms with Crippen LogP contribution in [0.2, 0.25) is 0 Å². The summed E-state index contributed by atoms with van der Waals surface area (Å²) in [5.74, 6) is 5.66. The first-order valence-corrected chi connectivity index (χ1v) is 9.29. The highest BCUT2D eigenvalue weighted by Gasteiger charge is 2.21. The van der Waals surface area contributed by atoms with Gasteiger partial charge in [0.15, 0.2) is 0 Å². The van der Waals surface area contributed by atoms with Crippen molar-refractivity contribution >= 4 is 28.6 Å².